The summed E-state index contributed by atoms with van der Waals surface area (Å²) >= 11 is 0. The molecule has 1 amide bonds. The summed E-state index contributed by atoms with van der Waals surface area (Å²) in [6, 6.07) is 7.53. The summed E-state index contributed by atoms with van der Waals surface area (Å²) < 4.78 is 17.1. The molecule has 1 aromatic carbocycles. The molecule has 0 aliphatic carbocycles. The first-order valence-electron chi connectivity index (χ1n) is 8.99. The monoisotopic (exact) mass is 365 g/mol. The van der Waals surface area contributed by atoms with E-state index in [-0.39, 0.29) is 17.2 Å². The lowest BCUT2D eigenvalue weighted by molar-refractivity contribution is 0.123. The first-order valence-corrected chi connectivity index (χ1v) is 11.9. The van der Waals surface area contributed by atoms with Gasteiger partial charge in [0.1, 0.15) is 11.9 Å². The highest BCUT2D eigenvalue weighted by Gasteiger charge is 2.38. The third kappa shape index (κ3) is 4.98. The number of ether oxygens (including phenoxy) is 2. The minimum absolute atomic E-state index is 0.121. The van der Waals surface area contributed by atoms with E-state index in [1.165, 1.54) is 0 Å². The van der Waals surface area contributed by atoms with Crippen LogP contribution >= 0.6 is 0 Å². The molecule has 6 heteroatoms. The number of benzene rings is 1. The topological polar surface area (TPSA) is 48.0 Å². The van der Waals surface area contributed by atoms with Crippen LogP contribution in [-0.2, 0) is 9.16 Å². The number of anilines is 1. The number of nitrogens with zero attached hydrogens (tertiary/aromatic N) is 1. The van der Waals surface area contributed by atoms with Gasteiger partial charge in [0.25, 0.3) is 0 Å². The van der Waals surface area contributed by atoms with Crippen molar-refractivity contribution >= 4 is 20.1 Å². The molecule has 0 bridgehead atoms. The van der Waals surface area contributed by atoms with Crippen molar-refractivity contribution in [2.45, 2.75) is 58.4 Å². The normalized spacial score (nSPS) is 18.4. The highest BCUT2D eigenvalue weighted by molar-refractivity contribution is 6.74. The summed E-state index contributed by atoms with van der Waals surface area (Å²) in [5.74, 6) is 0.804. The molecule has 0 N–H and O–H groups in total. The minimum atomic E-state index is -1.76. The molecule has 0 aromatic heterocycles. The molecule has 25 heavy (non-hydrogen) atoms. The van der Waals surface area contributed by atoms with Crippen LogP contribution in [0.3, 0.4) is 0 Å². The van der Waals surface area contributed by atoms with Crippen LogP contribution < -0.4 is 9.64 Å². The molecular formula is C19H31NO4Si. The molecule has 1 atom stereocenters. The maximum absolute atomic E-state index is 12.2. The molecule has 5 nitrogen and oxygen atoms in total. The van der Waals surface area contributed by atoms with E-state index in [0.29, 0.717) is 19.8 Å². The first kappa shape index (κ1) is 19.8. The van der Waals surface area contributed by atoms with Gasteiger partial charge < -0.3 is 13.9 Å². The molecule has 1 fully saturated rings. The minimum Gasteiger partial charge on any atom is -0.494 e. The maximum atomic E-state index is 12.2. The van der Waals surface area contributed by atoms with Gasteiger partial charge in [0.15, 0.2) is 8.32 Å². The summed E-state index contributed by atoms with van der Waals surface area (Å²) in [5.41, 5.74) is 0.835. The average Bonchev–Trinajstić information content (AvgIpc) is 2.88. The molecule has 140 valence electrons. The van der Waals surface area contributed by atoms with E-state index in [1.807, 2.05) is 31.2 Å². The van der Waals surface area contributed by atoms with Crippen LogP contribution in [0.5, 0.6) is 5.75 Å². The second-order valence-corrected chi connectivity index (χ2v) is 12.8. The molecule has 0 spiro atoms. The molecule has 1 heterocycles. The zero-order valence-electron chi connectivity index (χ0n) is 16.3. The van der Waals surface area contributed by atoms with Gasteiger partial charge in [0.05, 0.1) is 13.2 Å². The lowest BCUT2D eigenvalue weighted by Crippen LogP contribution is -2.41. The van der Waals surface area contributed by atoms with E-state index in [0.717, 1.165) is 17.9 Å². The Morgan fingerprint density at radius 3 is 2.44 bits per heavy atom. The zero-order valence-corrected chi connectivity index (χ0v) is 17.3. The number of amides is 1. The SMILES string of the molecule is CCOc1ccc(N2C[C@@H](CCO[Si](C)(C)C(C)(C)C)OC2=O)cc1. The van der Waals surface area contributed by atoms with Crippen molar-refractivity contribution < 1.29 is 18.7 Å². The van der Waals surface area contributed by atoms with Gasteiger partial charge in [-0.2, -0.15) is 0 Å². The lowest BCUT2D eigenvalue weighted by atomic mass is 10.2. The van der Waals surface area contributed by atoms with Gasteiger partial charge in [-0.15, -0.1) is 0 Å². The summed E-state index contributed by atoms with van der Waals surface area (Å²) in [6.07, 6.45) is 0.316. The molecule has 1 saturated heterocycles. The Bertz CT molecular complexity index is 580. The molecule has 0 radical (unpaired) electrons. The van der Waals surface area contributed by atoms with Gasteiger partial charge in [-0.3, -0.25) is 4.90 Å². The van der Waals surface area contributed by atoms with Gasteiger partial charge in [-0.1, -0.05) is 20.8 Å². The number of carbonyl (C=O) groups is 1. The lowest BCUT2D eigenvalue weighted by Gasteiger charge is -2.36. The average molecular weight is 366 g/mol. The van der Waals surface area contributed by atoms with Gasteiger partial charge in [-0.05, 0) is 49.3 Å². The Morgan fingerprint density at radius 1 is 1.24 bits per heavy atom. The number of carbonyl (C=O) groups excluding carboxylic acids is 1. The Hall–Kier alpha value is -1.53. The predicted molar refractivity (Wildman–Crippen MR) is 103 cm³/mol. The number of rotatable bonds is 7. The molecule has 0 saturated carbocycles. The predicted octanol–water partition coefficient (Wildman–Crippen LogP) is 4.82. The van der Waals surface area contributed by atoms with Gasteiger partial charge >= 0.3 is 6.09 Å². The molecule has 1 aromatic rings. The Labute approximate surface area is 152 Å². The van der Waals surface area contributed by atoms with E-state index in [2.05, 4.69) is 33.9 Å². The summed E-state index contributed by atoms with van der Waals surface area (Å²) in [6.45, 7) is 14.9. The van der Waals surface area contributed by atoms with Crippen LogP contribution in [0.4, 0.5) is 10.5 Å². The van der Waals surface area contributed by atoms with Crippen molar-refractivity contribution in [1.82, 2.24) is 0 Å². The number of cyclic esters (lactones) is 1. The molecule has 2 rings (SSSR count). The Morgan fingerprint density at radius 2 is 1.88 bits per heavy atom. The first-order chi connectivity index (χ1) is 11.6. The van der Waals surface area contributed by atoms with E-state index in [9.17, 15) is 4.79 Å². The van der Waals surface area contributed by atoms with Gasteiger partial charge in [-0.25, -0.2) is 4.79 Å². The van der Waals surface area contributed by atoms with Crippen LogP contribution in [0.1, 0.15) is 34.1 Å². The highest BCUT2D eigenvalue weighted by Crippen LogP contribution is 2.36. The van der Waals surface area contributed by atoms with Crippen molar-refractivity contribution in [3.05, 3.63) is 24.3 Å². The summed E-state index contributed by atoms with van der Waals surface area (Å²) in [7, 11) is -1.76. The largest absolute Gasteiger partial charge is 0.494 e. The second kappa shape index (κ2) is 7.79. The Balaban J connectivity index is 1.88. The molecule has 1 aliphatic heterocycles. The van der Waals surface area contributed by atoms with E-state index in [4.69, 9.17) is 13.9 Å². The second-order valence-electron chi connectivity index (χ2n) is 7.94. The highest BCUT2D eigenvalue weighted by atomic mass is 28.4. The molecular weight excluding hydrogens is 334 g/mol. The maximum Gasteiger partial charge on any atom is 0.414 e. The fourth-order valence-corrected chi connectivity index (χ4v) is 3.49. The number of hydrogen-bond acceptors (Lipinski definition) is 4. The summed E-state index contributed by atoms with van der Waals surface area (Å²) in [4.78, 5) is 13.8. The third-order valence-electron chi connectivity index (χ3n) is 5.04. The number of hydrogen-bond donors (Lipinski definition) is 0. The van der Waals surface area contributed by atoms with E-state index >= 15 is 0 Å². The van der Waals surface area contributed by atoms with Crippen LogP contribution in [0.2, 0.25) is 18.1 Å². The van der Waals surface area contributed by atoms with Crippen molar-refractivity contribution in [3.63, 3.8) is 0 Å². The standard InChI is InChI=1S/C19H31NO4Si/c1-7-22-16-10-8-15(9-11-16)20-14-17(24-18(20)21)12-13-23-25(5,6)19(2,3)4/h8-11,17H,7,12-14H2,1-6H3/t17-/m1/s1. The van der Waals surface area contributed by atoms with Crippen molar-refractivity contribution in [3.8, 4) is 5.75 Å². The van der Waals surface area contributed by atoms with Crippen molar-refractivity contribution in [1.29, 1.82) is 0 Å². The van der Waals surface area contributed by atoms with Gasteiger partial charge in [0, 0.05) is 18.7 Å². The zero-order chi connectivity index (χ0) is 18.7. The van der Waals surface area contributed by atoms with Crippen molar-refractivity contribution in [2.75, 3.05) is 24.7 Å². The quantitative estimate of drug-likeness (QED) is 0.650. The van der Waals surface area contributed by atoms with E-state index < -0.39 is 8.32 Å². The summed E-state index contributed by atoms with van der Waals surface area (Å²) in [5, 5.41) is 0.188. The third-order valence-corrected chi connectivity index (χ3v) is 9.58. The fourth-order valence-electron chi connectivity index (χ4n) is 2.43. The Kier molecular flexibility index (Phi) is 6.16. The van der Waals surface area contributed by atoms with Crippen LogP contribution in [0.25, 0.3) is 0 Å². The smallest absolute Gasteiger partial charge is 0.414 e. The van der Waals surface area contributed by atoms with Crippen molar-refractivity contribution in [2.24, 2.45) is 0 Å². The van der Waals surface area contributed by atoms with Gasteiger partial charge in [0.2, 0.25) is 0 Å². The molecule has 0 unspecified atom stereocenters. The van der Waals surface area contributed by atoms with E-state index in [1.54, 1.807) is 4.90 Å². The van der Waals surface area contributed by atoms with Crippen LogP contribution in [-0.4, -0.2) is 40.3 Å². The van der Waals surface area contributed by atoms with Crippen LogP contribution in [0, 0.1) is 0 Å². The molecule has 1 aliphatic rings. The van der Waals surface area contributed by atoms with Crippen LogP contribution in [0.15, 0.2) is 24.3 Å². The fraction of sp³-hybridized carbons (Fsp3) is 0.632.